The molecule has 1 aliphatic rings. The highest BCUT2D eigenvalue weighted by Crippen LogP contribution is 2.40. The third-order valence-electron chi connectivity index (χ3n) is 5.83. The van der Waals surface area contributed by atoms with E-state index in [1.165, 1.54) is 0 Å². The summed E-state index contributed by atoms with van der Waals surface area (Å²) in [5.74, 6) is 1.61. The Hall–Kier alpha value is -3.21. The summed E-state index contributed by atoms with van der Waals surface area (Å²) in [6.07, 6.45) is 5.65. The number of likely N-dealkylation sites (tertiary alicyclic amines) is 1. The largest absolute Gasteiger partial charge is 0.497 e. The number of carbonyl (C=O) groups excluding carboxylic acids is 1. The molecule has 1 aromatic heterocycles. The number of fused-ring (bicyclic) bond motifs is 1. The Bertz CT molecular complexity index is 1100. The predicted molar refractivity (Wildman–Crippen MR) is 119 cm³/mol. The summed E-state index contributed by atoms with van der Waals surface area (Å²) in [5.41, 5.74) is 5.55. The Morgan fingerprint density at radius 1 is 1.10 bits per heavy atom. The SMILES string of the molecule is COc1ccc(-c2coc3c(C)c(OC)c(/C(C)=C/C(=O)N4CCCC4)cc23)cc1. The van der Waals surface area contributed by atoms with Gasteiger partial charge < -0.3 is 18.8 Å². The van der Waals surface area contributed by atoms with Crippen molar-refractivity contribution in [1.82, 2.24) is 4.90 Å². The first kappa shape index (κ1) is 20.1. The molecule has 30 heavy (non-hydrogen) atoms. The van der Waals surface area contributed by atoms with Crippen LogP contribution in [-0.2, 0) is 4.79 Å². The molecule has 1 fully saturated rings. The van der Waals surface area contributed by atoms with Gasteiger partial charge in [-0.05, 0) is 56.0 Å². The second-order valence-electron chi connectivity index (χ2n) is 7.70. The van der Waals surface area contributed by atoms with Crippen LogP contribution in [0.25, 0.3) is 27.7 Å². The zero-order valence-corrected chi connectivity index (χ0v) is 18.0. The molecule has 5 nitrogen and oxygen atoms in total. The molecule has 1 amide bonds. The van der Waals surface area contributed by atoms with Gasteiger partial charge in [0.05, 0.1) is 20.5 Å². The number of hydrogen-bond acceptors (Lipinski definition) is 4. The van der Waals surface area contributed by atoms with Gasteiger partial charge in [-0.2, -0.15) is 0 Å². The Balaban J connectivity index is 1.81. The van der Waals surface area contributed by atoms with Gasteiger partial charge in [0.25, 0.3) is 0 Å². The standard InChI is InChI=1S/C25H27NO4/c1-16(13-23(27)26-11-5-6-12-26)20-14-21-22(18-7-9-19(28-3)10-8-18)15-30-25(21)17(2)24(20)29-4/h7-10,13-15H,5-6,11-12H2,1-4H3/b16-13+. The van der Waals surface area contributed by atoms with Crippen molar-refractivity contribution in [2.24, 2.45) is 0 Å². The van der Waals surface area contributed by atoms with E-state index in [1.54, 1.807) is 26.6 Å². The van der Waals surface area contributed by atoms with E-state index < -0.39 is 0 Å². The lowest BCUT2D eigenvalue weighted by atomic mass is 9.96. The molecule has 0 atom stereocenters. The second kappa shape index (κ2) is 8.27. The van der Waals surface area contributed by atoms with Gasteiger partial charge in [-0.3, -0.25) is 4.79 Å². The molecule has 0 radical (unpaired) electrons. The van der Waals surface area contributed by atoms with Crippen LogP contribution in [-0.4, -0.2) is 38.1 Å². The molecule has 0 spiro atoms. The highest BCUT2D eigenvalue weighted by atomic mass is 16.5. The van der Waals surface area contributed by atoms with Crippen LogP contribution >= 0.6 is 0 Å². The zero-order chi connectivity index (χ0) is 21.3. The van der Waals surface area contributed by atoms with Crippen molar-refractivity contribution in [3.63, 3.8) is 0 Å². The summed E-state index contributed by atoms with van der Waals surface area (Å²) in [6.45, 7) is 5.62. The van der Waals surface area contributed by atoms with Crippen LogP contribution in [0.4, 0.5) is 0 Å². The summed E-state index contributed by atoms with van der Waals surface area (Å²) < 4.78 is 16.9. The van der Waals surface area contributed by atoms with E-state index in [0.717, 1.165) is 76.2 Å². The minimum Gasteiger partial charge on any atom is -0.497 e. The van der Waals surface area contributed by atoms with Gasteiger partial charge in [0, 0.05) is 41.2 Å². The topological polar surface area (TPSA) is 51.9 Å². The number of carbonyl (C=O) groups is 1. The van der Waals surface area contributed by atoms with E-state index in [9.17, 15) is 4.79 Å². The fourth-order valence-electron chi connectivity index (χ4n) is 4.16. The number of nitrogens with zero attached hydrogens (tertiary/aromatic N) is 1. The van der Waals surface area contributed by atoms with Crippen LogP contribution in [0.2, 0.25) is 0 Å². The summed E-state index contributed by atoms with van der Waals surface area (Å²) in [4.78, 5) is 14.6. The average molecular weight is 405 g/mol. The summed E-state index contributed by atoms with van der Waals surface area (Å²) in [5, 5.41) is 0.995. The molecule has 3 aromatic rings. The number of hydrogen-bond donors (Lipinski definition) is 0. The number of allylic oxidation sites excluding steroid dienone is 1. The molecule has 0 aliphatic carbocycles. The van der Waals surface area contributed by atoms with Crippen LogP contribution in [0.15, 0.2) is 47.1 Å². The Labute approximate surface area is 176 Å². The van der Waals surface area contributed by atoms with Gasteiger partial charge in [-0.15, -0.1) is 0 Å². The van der Waals surface area contributed by atoms with Gasteiger partial charge >= 0.3 is 0 Å². The molecule has 2 heterocycles. The van der Waals surface area contributed by atoms with Crippen LogP contribution in [0.1, 0.15) is 30.9 Å². The predicted octanol–water partition coefficient (Wildman–Crippen LogP) is 5.45. The summed E-state index contributed by atoms with van der Waals surface area (Å²) in [6, 6.07) is 9.97. The molecule has 1 saturated heterocycles. The molecule has 0 bridgehead atoms. The lowest BCUT2D eigenvalue weighted by Gasteiger charge is -2.16. The minimum absolute atomic E-state index is 0.0624. The fraction of sp³-hybridized carbons (Fsp3) is 0.320. The maximum absolute atomic E-state index is 12.7. The third kappa shape index (κ3) is 3.56. The number of furan rings is 1. The highest BCUT2D eigenvalue weighted by molar-refractivity contribution is 6.01. The Morgan fingerprint density at radius 3 is 2.43 bits per heavy atom. The smallest absolute Gasteiger partial charge is 0.246 e. The number of amides is 1. The summed E-state index contributed by atoms with van der Waals surface area (Å²) >= 11 is 0. The number of aryl methyl sites for hydroxylation is 1. The molecule has 0 N–H and O–H groups in total. The van der Waals surface area contributed by atoms with Crippen molar-refractivity contribution >= 4 is 22.4 Å². The lowest BCUT2D eigenvalue weighted by Crippen LogP contribution is -2.25. The number of benzene rings is 2. The van der Waals surface area contributed by atoms with Crippen LogP contribution < -0.4 is 9.47 Å². The van der Waals surface area contributed by atoms with Crippen molar-refractivity contribution in [3.05, 3.63) is 53.8 Å². The lowest BCUT2D eigenvalue weighted by molar-refractivity contribution is -0.124. The van der Waals surface area contributed by atoms with E-state index >= 15 is 0 Å². The van der Waals surface area contributed by atoms with Crippen LogP contribution in [0, 0.1) is 6.92 Å². The molecule has 4 rings (SSSR count). The normalized spacial score (nSPS) is 14.4. The molecule has 0 unspecified atom stereocenters. The molecular weight excluding hydrogens is 378 g/mol. The van der Waals surface area contributed by atoms with Crippen molar-refractivity contribution in [1.29, 1.82) is 0 Å². The van der Waals surface area contributed by atoms with E-state index in [2.05, 4.69) is 6.07 Å². The van der Waals surface area contributed by atoms with Crippen LogP contribution in [0.5, 0.6) is 11.5 Å². The quantitative estimate of drug-likeness (QED) is 0.530. The Kier molecular flexibility index (Phi) is 5.53. The maximum atomic E-state index is 12.7. The third-order valence-corrected chi connectivity index (χ3v) is 5.83. The monoisotopic (exact) mass is 405 g/mol. The van der Waals surface area contributed by atoms with Crippen molar-refractivity contribution in [2.45, 2.75) is 26.7 Å². The number of rotatable bonds is 5. The van der Waals surface area contributed by atoms with Crippen molar-refractivity contribution in [3.8, 4) is 22.6 Å². The molecule has 0 saturated carbocycles. The first-order valence-electron chi connectivity index (χ1n) is 10.2. The Morgan fingerprint density at radius 2 is 1.80 bits per heavy atom. The first-order valence-corrected chi connectivity index (χ1v) is 10.2. The summed E-state index contributed by atoms with van der Waals surface area (Å²) in [7, 11) is 3.31. The van der Waals surface area contributed by atoms with Gasteiger partial charge in [-0.25, -0.2) is 0 Å². The number of ether oxygens (including phenoxy) is 2. The maximum Gasteiger partial charge on any atom is 0.246 e. The molecular formula is C25H27NO4. The van der Waals surface area contributed by atoms with Crippen LogP contribution in [0.3, 0.4) is 0 Å². The van der Waals surface area contributed by atoms with E-state index in [1.807, 2.05) is 43.0 Å². The molecule has 1 aliphatic heterocycles. The highest BCUT2D eigenvalue weighted by Gasteiger charge is 2.20. The molecule has 156 valence electrons. The second-order valence-corrected chi connectivity index (χ2v) is 7.70. The van der Waals surface area contributed by atoms with Crippen molar-refractivity contribution < 1.29 is 18.7 Å². The van der Waals surface area contributed by atoms with E-state index in [-0.39, 0.29) is 5.91 Å². The van der Waals surface area contributed by atoms with Crippen molar-refractivity contribution in [2.75, 3.05) is 27.3 Å². The number of methoxy groups -OCH3 is 2. The van der Waals surface area contributed by atoms with Gasteiger partial charge in [0.1, 0.15) is 17.1 Å². The van der Waals surface area contributed by atoms with E-state index in [0.29, 0.717) is 0 Å². The zero-order valence-electron chi connectivity index (χ0n) is 18.0. The van der Waals surface area contributed by atoms with E-state index in [4.69, 9.17) is 13.9 Å². The average Bonchev–Trinajstić information content (AvgIpc) is 3.44. The molecule has 2 aromatic carbocycles. The van der Waals surface area contributed by atoms with Gasteiger partial charge in [0.2, 0.25) is 5.91 Å². The molecule has 5 heteroatoms. The van der Waals surface area contributed by atoms with Gasteiger partial charge in [-0.1, -0.05) is 12.1 Å². The fourth-order valence-corrected chi connectivity index (χ4v) is 4.16. The minimum atomic E-state index is 0.0624. The van der Waals surface area contributed by atoms with Gasteiger partial charge in [0.15, 0.2) is 0 Å². The first-order chi connectivity index (χ1) is 14.5.